The van der Waals surface area contributed by atoms with Crippen LogP contribution >= 0.6 is 11.6 Å². The van der Waals surface area contributed by atoms with E-state index in [4.69, 9.17) is 11.6 Å². The molecular formula is C14H23Cl. The summed E-state index contributed by atoms with van der Waals surface area (Å²) in [6.07, 6.45) is 13.2. The van der Waals surface area contributed by atoms with Gasteiger partial charge < -0.3 is 0 Å². The van der Waals surface area contributed by atoms with E-state index < -0.39 is 0 Å². The Morgan fingerprint density at radius 2 is 1.73 bits per heavy atom. The van der Waals surface area contributed by atoms with Gasteiger partial charge >= 0.3 is 0 Å². The predicted molar refractivity (Wildman–Crippen MR) is 65.2 cm³/mol. The summed E-state index contributed by atoms with van der Waals surface area (Å²) in [6.45, 7) is 0. The van der Waals surface area contributed by atoms with Crippen molar-refractivity contribution in [1.82, 2.24) is 0 Å². The van der Waals surface area contributed by atoms with Crippen molar-refractivity contribution in [1.29, 1.82) is 0 Å². The van der Waals surface area contributed by atoms with Crippen LogP contribution in [0.3, 0.4) is 0 Å². The van der Waals surface area contributed by atoms with Crippen molar-refractivity contribution >= 4 is 11.6 Å². The highest BCUT2D eigenvalue weighted by atomic mass is 35.5. The summed E-state index contributed by atoms with van der Waals surface area (Å²) in [4.78, 5) is 0. The monoisotopic (exact) mass is 226 g/mol. The minimum atomic E-state index is 0.512. The average Bonchev–Trinajstić information content (AvgIpc) is 2.83. The SMILES string of the molecule is ClC1CCCCC1CC1CC2CCC1C2. The van der Waals surface area contributed by atoms with Crippen molar-refractivity contribution < 1.29 is 0 Å². The lowest BCUT2D eigenvalue weighted by Crippen LogP contribution is -2.24. The van der Waals surface area contributed by atoms with Gasteiger partial charge in [0.25, 0.3) is 0 Å². The van der Waals surface area contributed by atoms with Crippen LogP contribution in [0.2, 0.25) is 0 Å². The smallest absolute Gasteiger partial charge is 0.0364 e. The molecule has 0 aromatic carbocycles. The maximum absolute atomic E-state index is 6.46. The first-order valence-electron chi connectivity index (χ1n) is 6.97. The standard InChI is InChI=1S/C14H23Cl/c15-14-4-2-1-3-12(14)9-13-8-10-5-6-11(13)7-10/h10-14H,1-9H2. The van der Waals surface area contributed by atoms with Crippen molar-refractivity contribution in [2.75, 3.05) is 0 Å². The number of alkyl halides is 1. The Morgan fingerprint density at radius 1 is 0.867 bits per heavy atom. The Balaban J connectivity index is 1.56. The van der Waals surface area contributed by atoms with E-state index in [9.17, 15) is 0 Å². The van der Waals surface area contributed by atoms with E-state index in [0.29, 0.717) is 5.38 Å². The van der Waals surface area contributed by atoms with Crippen LogP contribution in [0.25, 0.3) is 0 Å². The first kappa shape index (κ1) is 10.4. The van der Waals surface area contributed by atoms with Crippen molar-refractivity contribution in [3.8, 4) is 0 Å². The van der Waals surface area contributed by atoms with Gasteiger partial charge in [-0.2, -0.15) is 0 Å². The third-order valence-corrected chi connectivity index (χ3v) is 5.88. The molecular weight excluding hydrogens is 204 g/mol. The Bertz CT molecular complexity index is 225. The fraction of sp³-hybridized carbons (Fsp3) is 1.00. The summed E-state index contributed by atoms with van der Waals surface area (Å²) < 4.78 is 0. The van der Waals surface area contributed by atoms with Crippen LogP contribution in [0.5, 0.6) is 0 Å². The van der Waals surface area contributed by atoms with Crippen LogP contribution in [-0.2, 0) is 0 Å². The number of rotatable bonds is 2. The van der Waals surface area contributed by atoms with Crippen molar-refractivity contribution in [2.24, 2.45) is 23.7 Å². The Kier molecular flexibility index (Phi) is 2.98. The van der Waals surface area contributed by atoms with Crippen molar-refractivity contribution in [3.63, 3.8) is 0 Å². The molecule has 3 fully saturated rings. The maximum atomic E-state index is 6.46. The molecule has 0 nitrogen and oxygen atoms in total. The lowest BCUT2D eigenvalue weighted by Gasteiger charge is -2.32. The molecule has 5 atom stereocenters. The van der Waals surface area contributed by atoms with E-state index in [1.165, 1.54) is 44.9 Å². The molecule has 0 aliphatic heterocycles. The highest BCUT2D eigenvalue weighted by molar-refractivity contribution is 6.20. The summed E-state index contributed by atoms with van der Waals surface area (Å²) in [5.41, 5.74) is 0. The molecule has 15 heavy (non-hydrogen) atoms. The van der Waals surface area contributed by atoms with Crippen LogP contribution in [0, 0.1) is 23.7 Å². The fourth-order valence-electron chi connectivity index (χ4n) is 4.48. The lowest BCUT2D eigenvalue weighted by molar-refractivity contribution is 0.233. The van der Waals surface area contributed by atoms with Gasteiger partial charge in [-0.15, -0.1) is 11.6 Å². The maximum Gasteiger partial charge on any atom is 0.0364 e. The van der Waals surface area contributed by atoms with E-state index >= 15 is 0 Å². The molecule has 3 saturated carbocycles. The molecule has 0 N–H and O–H groups in total. The molecule has 0 radical (unpaired) electrons. The summed E-state index contributed by atoms with van der Waals surface area (Å²) in [5.74, 6) is 4.14. The van der Waals surface area contributed by atoms with Crippen LogP contribution in [-0.4, -0.2) is 5.38 Å². The van der Waals surface area contributed by atoms with Gasteiger partial charge in [-0.1, -0.05) is 19.3 Å². The van der Waals surface area contributed by atoms with E-state index in [0.717, 1.165) is 23.7 Å². The predicted octanol–water partition coefficient (Wildman–Crippen LogP) is 4.61. The van der Waals surface area contributed by atoms with E-state index in [-0.39, 0.29) is 0 Å². The van der Waals surface area contributed by atoms with Gasteiger partial charge in [-0.3, -0.25) is 0 Å². The van der Waals surface area contributed by atoms with Gasteiger partial charge in [-0.25, -0.2) is 0 Å². The second kappa shape index (κ2) is 4.28. The average molecular weight is 227 g/mol. The van der Waals surface area contributed by atoms with Gasteiger partial charge in [0.15, 0.2) is 0 Å². The van der Waals surface area contributed by atoms with E-state index in [1.54, 1.807) is 12.8 Å². The van der Waals surface area contributed by atoms with Gasteiger partial charge in [0, 0.05) is 5.38 Å². The molecule has 86 valence electrons. The molecule has 3 rings (SSSR count). The molecule has 0 amide bonds. The Labute approximate surface area is 98.8 Å². The Morgan fingerprint density at radius 3 is 2.40 bits per heavy atom. The zero-order valence-electron chi connectivity index (χ0n) is 9.63. The third kappa shape index (κ3) is 2.07. The summed E-state index contributed by atoms with van der Waals surface area (Å²) in [7, 11) is 0. The third-order valence-electron chi connectivity index (χ3n) is 5.31. The Hall–Kier alpha value is 0.290. The summed E-state index contributed by atoms with van der Waals surface area (Å²) >= 11 is 6.46. The fourth-order valence-corrected chi connectivity index (χ4v) is 4.87. The summed E-state index contributed by atoms with van der Waals surface area (Å²) in [6, 6.07) is 0. The van der Waals surface area contributed by atoms with Crippen LogP contribution in [0.4, 0.5) is 0 Å². The van der Waals surface area contributed by atoms with Crippen molar-refractivity contribution in [2.45, 2.75) is 63.2 Å². The summed E-state index contributed by atoms with van der Waals surface area (Å²) in [5, 5.41) is 0.512. The van der Waals surface area contributed by atoms with Gasteiger partial charge in [-0.05, 0) is 62.2 Å². The second-order valence-electron chi connectivity index (χ2n) is 6.23. The van der Waals surface area contributed by atoms with Gasteiger partial charge in [0.05, 0.1) is 0 Å². The first-order valence-corrected chi connectivity index (χ1v) is 7.40. The minimum Gasteiger partial charge on any atom is -0.123 e. The van der Waals surface area contributed by atoms with Gasteiger partial charge in [0.1, 0.15) is 0 Å². The number of hydrogen-bond acceptors (Lipinski definition) is 0. The molecule has 3 aliphatic rings. The molecule has 5 unspecified atom stereocenters. The zero-order chi connectivity index (χ0) is 10.3. The first-order chi connectivity index (χ1) is 7.33. The lowest BCUT2D eigenvalue weighted by atomic mass is 9.77. The molecule has 2 bridgehead atoms. The van der Waals surface area contributed by atoms with Crippen LogP contribution in [0.1, 0.15) is 57.8 Å². The number of fused-ring (bicyclic) bond motifs is 2. The molecule has 0 aromatic rings. The van der Waals surface area contributed by atoms with E-state index in [1.807, 2.05) is 0 Å². The number of halogens is 1. The minimum absolute atomic E-state index is 0.512. The molecule has 0 saturated heterocycles. The molecule has 0 heterocycles. The molecule has 0 aromatic heterocycles. The topological polar surface area (TPSA) is 0 Å². The molecule has 0 spiro atoms. The van der Waals surface area contributed by atoms with E-state index in [2.05, 4.69) is 0 Å². The largest absolute Gasteiger partial charge is 0.123 e. The molecule has 1 heteroatoms. The highest BCUT2D eigenvalue weighted by Crippen LogP contribution is 2.51. The molecule has 3 aliphatic carbocycles. The normalized spacial score (nSPS) is 49.8. The van der Waals surface area contributed by atoms with Gasteiger partial charge in [0.2, 0.25) is 0 Å². The van der Waals surface area contributed by atoms with Crippen LogP contribution < -0.4 is 0 Å². The quantitative estimate of drug-likeness (QED) is 0.604. The second-order valence-corrected chi connectivity index (χ2v) is 6.79. The highest BCUT2D eigenvalue weighted by Gasteiger charge is 2.41. The van der Waals surface area contributed by atoms with Crippen LogP contribution in [0.15, 0.2) is 0 Å². The number of hydrogen-bond donors (Lipinski definition) is 0. The zero-order valence-corrected chi connectivity index (χ0v) is 10.4. The van der Waals surface area contributed by atoms with Crippen molar-refractivity contribution in [3.05, 3.63) is 0 Å².